The van der Waals surface area contributed by atoms with Crippen molar-refractivity contribution in [2.75, 3.05) is 18.5 Å². The number of rotatable bonds is 4. The van der Waals surface area contributed by atoms with Crippen LogP contribution in [0.5, 0.6) is 5.75 Å². The van der Waals surface area contributed by atoms with Gasteiger partial charge >= 0.3 is 0 Å². The summed E-state index contributed by atoms with van der Waals surface area (Å²) < 4.78 is 0. The Balaban J connectivity index is 1.77. The molecule has 1 fully saturated rings. The van der Waals surface area contributed by atoms with Crippen molar-refractivity contribution in [2.45, 2.75) is 31.6 Å². The molecule has 31 heavy (non-hydrogen) atoms. The molecule has 2 aromatic carbocycles. The number of hydrogen-bond acceptors (Lipinski definition) is 6. The molecule has 160 valence electrons. The average molecular weight is 452 g/mol. The number of phenols is 1. The van der Waals surface area contributed by atoms with Crippen LogP contribution in [0.3, 0.4) is 0 Å². The summed E-state index contributed by atoms with van der Waals surface area (Å²) in [6, 6.07) is 11.8. The first-order chi connectivity index (χ1) is 14.8. The zero-order chi connectivity index (χ0) is 22.3. The first kappa shape index (κ1) is 21.6. The summed E-state index contributed by atoms with van der Waals surface area (Å²) in [5.41, 5.74) is 3.56. The molecule has 2 heterocycles. The third kappa shape index (κ3) is 3.88. The number of aliphatic imine (C=N–C) groups is 1. The van der Waals surface area contributed by atoms with Crippen LogP contribution in [0.1, 0.15) is 30.9 Å². The van der Waals surface area contributed by atoms with Crippen LogP contribution in [0.15, 0.2) is 68.9 Å². The smallest absolute Gasteiger partial charge is 0.269 e. The highest BCUT2D eigenvalue weighted by atomic mass is 32.2. The molecule has 5 nitrogen and oxygen atoms in total. The minimum atomic E-state index is -0.0636. The number of para-hydroxylation sites is 1. The number of amidine groups is 1. The summed E-state index contributed by atoms with van der Waals surface area (Å²) in [5, 5.41) is 11.8. The first-order valence-electron chi connectivity index (χ1n) is 10.1. The second-order valence-corrected chi connectivity index (χ2v) is 9.82. The van der Waals surface area contributed by atoms with Gasteiger partial charge in [0.15, 0.2) is 5.17 Å². The predicted molar refractivity (Wildman–Crippen MR) is 131 cm³/mol. The maximum atomic E-state index is 13.3. The maximum absolute atomic E-state index is 13.3. The summed E-state index contributed by atoms with van der Waals surface area (Å²) >= 11 is 3.00. The van der Waals surface area contributed by atoms with E-state index in [0.29, 0.717) is 16.6 Å². The van der Waals surface area contributed by atoms with E-state index in [4.69, 9.17) is 4.99 Å². The molecule has 0 radical (unpaired) electrons. The Morgan fingerprint density at radius 1 is 1.23 bits per heavy atom. The molecule has 0 unspecified atom stereocenters. The van der Waals surface area contributed by atoms with E-state index in [-0.39, 0.29) is 17.6 Å². The van der Waals surface area contributed by atoms with E-state index < -0.39 is 0 Å². The van der Waals surface area contributed by atoms with E-state index in [1.165, 1.54) is 11.8 Å². The number of carbonyl (C=O) groups is 1. The fourth-order valence-corrected chi connectivity index (χ4v) is 5.94. The Labute approximate surface area is 191 Å². The van der Waals surface area contributed by atoms with E-state index in [2.05, 4.69) is 23.6 Å². The number of thioether (sulfide) groups is 2. The third-order valence-electron chi connectivity index (χ3n) is 5.29. The number of amides is 1. The Kier molecular flexibility index (Phi) is 5.90. The quantitative estimate of drug-likeness (QED) is 0.457. The molecule has 0 saturated carbocycles. The van der Waals surface area contributed by atoms with Gasteiger partial charge in [-0.25, -0.2) is 4.99 Å². The molecule has 0 spiro atoms. The molecule has 0 aliphatic carbocycles. The van der Waals surface area contributed by atoms with E-state index in [0.717, 1.165) is 32.4 Å². The zero-order valence-electron chi connectivity index (χ0n) is 18.0. The number of anilines is 1. The lowest BCUT2D eigenvalue weighted by molar-refractivity contribution is -0.121. The van der Waals surface area contributed by atoms with E-state index in [1.807, 2.05) is 46.0 Å². The molecule has 7 heteroatoms. The molecule has 1 amide bonds. The van der Waals surface area contributed by atoms with Crippen LogP contribution in [0.25, 0.3) is 0 Å². The van der Waals surface area contributed by atoms with Crippen LogP contribution in [0.2, 0.25) is 0 Å². The van der Waals surface area contributed by atoms with Crippen LogP contribution in [-0.2, 0) is 4.79 Å². The first-order valence-corrected chi connectivity index (χ1v) is 11.7. The topological polar surface area (TPSA) is 56.1 Å². The van der Waals surface area contributed by atoms with Crippen LogP contribution >= 0.6 is 23.5 Å². The van der Waals surface area contributed by atoms with Crippen molar-refractivity contribution in [1.29, 1.82) is 0 Å². The molecule has 2 aliphatic rings. The second-order valence-electron chi connectivity index (χ2n) is 7.82. The van der Waals surface area contributed by atoms with Gasteiger partial charge in [-0.2, -0.15) is 0 Å². The molecule has 4 rings (SSSR count). The fourth-order valence-electron chi connectivity index (χ4n) is 3.59. The molecule has 0 bridgehead atoms. The number of phenolic OH excluding ortho intramolecular Hbond substituents is 1. The molecule has 1 N–H and O–H groups in total. The van der Waals surface area contributed by atoms with Crippen LogP contribution in [-0.4, -0.2) is 34.7 Å². The van der Waals surface area contributed by atoms with Crippen molar-refractivity contribution >= 4 is 46.0 Å². The number of carbonyl (C=O) groups excluding carboxylic acids is 1. The SMILES string of the molecule is C=CCN1C(=O)C(=C2Sc3ccccc3N2C)SC1=Nc1cc(C(C)C)c(O)cc1C. The van der Waals surface area contributed by atoms with Gasteiger partial charge in [-0.05, 0) is 60.0 Å². The molecule has 0 aromatic heterocycles. The van der Waals surface area contributed by atoms with Gasteiger partial charge in [-0.15, -0.1) is 6.58 Å². The number of benzene rings is 2. The Hall–Kier alpha value is -2.64. The minimum absolute atomic E-state index is 0.0636. The molecule has 2 aliphatic heterocycles. The third-order valence-corrected chi connectivity index (χ3v) is 7.72. The molecular formula is C24H25N3O2S2. The summed E-state index contributed by atoms with van der Waals surface area (Å²) in [7, 11) is 1.99. The number of hydrogen-bond donors (Lipinski definition) is 1. The van der Waals surface area contributed by atoms with Gasteiger partial charge < -0.3 is 10.0 Å². The van der Waals surface area contributed by atoms with Gasteiger partial charge in [0.25, 0.3) is 5.91 Å². The summed E-state index contributed by atoms with van der Waals surface area (Å²) in [6.45, 7) is 10.2. The molecular weight excluding hydrogens is 426 g/mol. The number of aryl methyl sites for hydroxylation is 1. The van der Waals surface area contributed by atoms with Gasteiger partial charge in [0, 0.05) is 18.5 Å². The largest absolute Gasteiger partial charge is 0.508 e. The van der Waals surface area contributed by atoms with E-state index in [1.54, 1.807) is 28.8 Å². The minimum Gasteiger partial charge on any atom is -0.508 e. The van der Waals surface area contributed by atoms with Crippen molar-refractivity contribution < 1.29 is 9.90 Å². The van der Waals surface area contributed by atoms with Crippen molar-refractivity contribution in [3.8, 4) is 5.75 Å². The van der Waals surface area contributed by atoms with Gasteiger partial charge in [0.05, 0.1) is 16.4 Å². The van der Waals surface area contributed by atoms with Crippen LogP contribution in [0.4, 0.5) is 11.4 Å². The van der Waals surface area contributed by atoms with E-state index >= 15 is 0 Å². The van der Waals surface area contributed by atoms with Crippen LogP contribution < -0.4 is 4.90 Å². The highest BCUT2D eigenvalue weighted by Crippen LogP contribution is 2.50. The van der Waals surface area contributed by atoms with Crippen molar-refractivity contribution in [3.63, 3.8) is 0 Å². The highest BCUT2D eigenvalue weighted by molar-refractivity contribution is 8.19. The van der Waals surface area contributed by atoms with Gasteiger partial charge in [-0.1, -0.05) is 43.8 Å². The van der Waals surface area contributed by atoms with Gasteiger partial charge in [0.2, 0.25) is 0 Å². The van der Waals surface area contributed by atoms with Crippen molar-refractivity contribution in [3.05, 3.63) is 70.1 Å². The molecule has 1 saturated heterocycles. The zero-order valence-corrected chi connectivity index (χ0v) is 19.7. The lowest BCUT2D eigenvalue weighted by Gasteiger charge is -2.15. The second kappa shape index (κ2) is 8.48. The standard InChI is InChI=1S/C24H25N3O2S2/c1-6-11-27-22(29)21(23-26(5)18-9-7-8-10-20(18)30-23)31-24(27)25-17-13-16(14(2)3)19(28)12-15(17)4/h6-10,12-14,28H,1,11H2,2-5H3. The lowest BCUT2D eigenvalue weighted by atomic mass is 9.99. The van der Waals surface area contributed by atoms with E-state index in [9.17, 15) is 9.90 Å². The van der Waals surface area contributed by atoms with Gasteiger partial charge in [0.1, 0.15) is 10.7 Å². The lowest BCUT2D eigenvalue weighted by Crippen LogP contribution is -2.29. The number of aromatic hydroxyl groups is 1. The summed E-state index contributed by atoms with van der Waals surface area (Å²) in [5.74, 6) is 0.381. The monoisotopic (exact) mass is 451 g/mol. The normalized spacial score (nSPS) is 19.6. The Morgan fingerprint density at radius 3 is 2.65 bits per heavy atom. The molecule has 0 atom stereocenters. The molecule has 2 aromatic rings. The highest BCUT2D eigenvalue weighted by Gasteiger charge is 2.38. The van der Waals surface area contributed by atoms with Crippen LogP contribution in [0, 0.1) is 6.92 Å². The predicted octanol–water partition coefficient (Wildman–Crippen LogP) is 5.98. The fraction of sp³-hybridized carbons (Fsp3) is 0.250. The van der Waals surface area contributed by atoms with Crippen molar-refractivity contribution in [2.24, 2.45) is 4.99 Å². The number of nitrogens with zero attached hydrogens (tertiary/aromatic N) is 3. The number of fused-ring (bicyclic) bond motifs is 1. The average Bonchev–Trinajstić information content (AvgIpc) is 3.22. The Bertz CT molecular complexity index is 1140. The van der Waals surface area contributed by atoms with Gasteiger partial charge in [-0.3, -0.25) is 9.69 Å². The summed E-state index contributed by atoms with van der Waals surface area (Å²) in [4.78, 5) is 23.7. The Morgan fingerprint density at radius 2 is 1.97 bits per heavy atom. The van der Waals surface area contributed by atoms with Crippen molar-refractivity contribution in [1.82, 2.24) is 4.90 Å². The maximum Gasteiger partial charge on any atom is 0.269 e. The summed E-state index contributed by atoms with van der Waals surface area (Å²) in [6.07, 6.45) is 1.71.